The number of sulfonamides is 1. The molecule has 0 amide bonds. The van der Waals surface area contributed by atoms with Gasteiger partial charge in [0.15, 0.2) is 11.6 Å². The van der Waals surface area contributed by atoms with E-state index >= 15 is 0 Å². The standard InChI is InChI=1S/C12H15FN4O2S/c1-9(2)17-8-10(7-15-17)20(18,19)16(3)12-11(13)5-4-6-14-12/h4-9H,1-3H3. The zero-order chi connectivity index (χ0) is 14.9. The van der Waals surface area contributed by atoms with Crippen LogP contribution in [-0.4, -0.2) is 30.2 Å². The second-order valence-electron chi connectivity index (χ2n) is 4.53. The lowest BCUT2D eigenvalue weighted by molar-refractivity contribution is 0.531. The van der Waals surface area contributed by atoms with Gasteiger partial charge in [-0.3, -0.25) is 8.99 Å². The Balaban J connectivity index is 2.41. The summed E-state index contributed by atoms with van der Waals surface area (Å²) in [4.78, 5) is 3.76. The first-order valence-corrected chi connectivity index (χ1v) is 7.41. The third-order valence-corrected chi connectivity index (χ3v) is 4.50. The van der Waals surface area contributed by atoms with E-state index in [1.54, 1.807) is 0 Å². The molecule has 0 aliphatic rings. The molecule has 0 aliphatic heterocycles. The number of nitrogens with zero attached hydrogens (tertiary/aromatic N) is 4. The van der Waals surface area contributed by atoms with E-state index in [0.29, 0.717) is 0 Å². The molecule has 0 aromatic carbocycles. The maximum Gasteiger partial charge on any atom is 0.268 e. The van der Waals surface area contributed by atoms with Gasteiger partial charge in [-0.15, -0.1) is 0 Å². The fraction of sp³-hybridized carbons (Fsp3) is 0.333. The van der Waals surface area contributed by atoms with Gasteiger partial charge < -0.3 is 0 Å². The van der Waals surface area contributed by atoms with Gasteiger partial charge >= 0.3 is 0 Å². The van der Waals surface area contributed by atoms with Crippen LogP contribution in [0.4, 0.5) is 10.2 Å². The third kappa shape index (κ3) is 2.51. The Bertz CT molecular complexity index is 712. The minimum atomic E-state index is -3.88. The Hall–Kier alpha value is -1.96. The number of pyridine rings is 1. The van der Waals surface area contributed by atoms with Crippen molar-refractivity contribution in [2.45, 2.75) is 24.8 Å². The summed E-state index contributed by atoms with van der Waals surface area (Å²) in [7, 11) is -2.62. The van der Waals surface area contributed by atoms with Gasteiger partial charge in [-0.1, -0.05) is 0 Å². The van der Waals surface area contributed by atoms with Crippen LogP contribution in [0.25, 0.3) is 0 Å². The summed E-state index contributed by atoms with van der Waals surface area (Å²) in [5.41, 5.74) is 0. The minimum Gasteiger partial charge on any atom is -0.269 e. The molecule has 20 heavy (non-hydrogen) atoms. The van der Waals surface area contributed by atoms with E-state index in [1.807, 2.05) is 13.8 Å². The van der Waals surface area contributed by atoms with E-state index in [4.69, 9.17) is 0 Å². The molecule has 0 saturated heterocycles. The van der Waals surface area contributed by atoms with Crippen molar-refractivity contribution in [3.8, 4) is 0 Å². The second-order valence-corrected chi connectivity index (χ2v) is 6.50. The van der Waals surface area contributed by atoms with E-state index < -0.39 is 15.8 Å². The van der Waals surface area contributed by atoms with Gasteiger partial charge in [0.25, 0.3) is 10.0 Å². The van der Waals surface area contributed by atoms with Crippen molar-refractivity contribution in [3.05, 3.63) is 36.5 Å². The maximum absolute atomic E-state index is 13.6. The van der Waals surface area contributed by atoms with Crippen LogP contribution in [-0.2, 0) is 10.0 Å². The molecule has 2 aromatic rings. The lowest BCUT2D eigenvalue weighted by Gasteiger charge is -2.17. The topological polar surface area (TPSA) is 68.1 Å². The van der Waals surface area contributed by atoms with Crippen LogP contribution in [0.15, 0.2) is 35.6 Å². The molecular weight excluding hydrogens is 283 g/mol. The number of halogens is 1. The number of hydrogen-bond acceptors (Lipinski definition) is 4. The molecule has 0 saturated carbocycles. The number of hydrogen-bond donors (Lipinski definition) is 0. The van der Waals surface area contributed by atoms with E-state index in [2.05, 4.69) is 10.1 Å². The van der Waals surface area contributed by atoms with Gasteiger partial charge in [-0.2, -0.15) is 5.10 Å². The summed E-state index contributed by atoms with van der Waals surface area (Å²) in [6, 6.07) is 2.60. The molecule has 0 fully saturated rings. The lowest BCUT2D eigenvalue weighted by Crippen LogP contribution is -2.28. The molecule has 0 aliphatic carbocycles. The van der Waals surface area contributed by atoms with Crippen LogP contribution in [0, 0.1) is 5.82 Å². The normalized spacial score (nSPS) is 11.8. The third-order valence-electron chi connectivity index (χ3n) is 2.80. The van der Waals surface area contributed by atoms with Gasteiger partial charge in [0.2, 0.25) is 0 Å². The van der Waals surface area contributed by atoms with Gasteiger partial charge in [-0.05, 0) is 26.0 Å². The molecular formula is C12H15FN4O2S. The van der Waals surface area contributed by atoms with Crippen LogP contribution in [0.3, 0.4) is 0 Å². The molecule has 0 atom stereocenters. The summed E-state index contributed by atoms with van der Waals surface area (Å²) in [5.74, 6) is -0.945. The summed E-state index contributed by atoms with van der Waals surface area (Å²) in [6.07, 6.45) is 3.99. The zero-order valence-corrected chi connectivity index (χ0v) is 12.2. The van der Waals surface area contributed by atoms with E-state index in [1.165, 1.54) is 36.4 Å². The first kappa shape index (κ1) is 14.4. The van der Waals surface area contributed by atoms with Crippen molar-refractivity contribution in [1.82, 2.24) is 14.8 Å². The van der Waals surface area contributed by atoms with Crippen LogP contribution in [0.2, 0.25) is 0 Å². The quantitative estimate of drug-likeness (QED) is 0.863. The van der Waals surface area contributed by atoms with Crippen molar-refractivity contribution in [2.75, 3.05) is 11.4 Å². The molecule has 0 radical (unpaired) electrons. The zero-order valence-electron chi connectivity index (χ0n) is 11.4. The fourth-order valence-corrected chi connectivity index (χ4v) is 2.72. The van der Waals surface area contributed by atoms with E-state index in [-0.39, 0.29) is 16.8 Å². The SMILES string of the molecule is CC(C)n1cc(S(=O)(=O)N(C)c2ncccc2F)cn1. The summed E-state index contributed by atoms with van der Waals surface area (Å²) < 4.78 is 40.7. The molecule has 0 N–H and O–H groups in total. The number of anilines is 1. The van der Waals surface area contributed by atoms with Gasteiger partial charge in [0.05, 0.1) is 6.20 Å². The molecule has 108 valence electrons. The van der Waals surface area contributed by atoms with E-state index in [9.17, 15) is 12.8 Å². The average molecular weight is 298 g/mol. The molecule has 2 rings (SSSR count). The molecule has 6 nitrogen and oxygen atoms in total. The lowest BCUT2D eigenvalue weighted by atomic mass is 10.4. The molecule has 2 aromatic heterocycles. The smallest absolute Gasteiger partial charge is 0.268 e. The van der Waals surface area contributed by atoms with Crippen molar-refractivity contribution >= 4 is 15.8 Å². The Morgan fingerprint density at radius 3 is 2.65 bits per heavy atom. The average Bonchev–Trinajstić information content (AvgIpc) is 2.89. The number of aromatic nitrogens is 3. The maximum atomic E-state index is 13.6. The first-order chi connectivity index (χ1) is 9.34. The highest BCUT2D eigenvalue weighted by Crippen LogP contribution is 2.22. The predicted molar refractivity (Wildman–Crippen MR) is 72.4 cm³/mol. The van der Waals surface area contributed by atoms with E-state index in [0.717, 1.165) is 10.4 Å². The largest absolute Gasteiger partial charge is 0.269 e. The summed E-state index contributed by atoms with van der Waals surface area (Å²) >= 11 is 0. The van der Waals surface area contributed by atoms with Crippen LogP contribution in [0.5, 0.6) is 0 Å². The Kier molecular flexibility index (Phi) is 3.76. The molecule has 8 heteroatoms. The molecule has 0 unspecified atom stereocenters. The highest BCUT2D eigenvalue weighted by atomic mass is 32.2. The molecule has 0 bridgehead atoms. The monoisotopic (exact) mass is 298 g/mol. The predicted octanol–water partition coefficient (Wildman–Crippen LogP) is 1.82. The first-order valence-electron chi connectivity index (χ1n) is 5.97. The summed E-state index contributed by atoms with van der Waals surface area (Å²) in [6.45, 7) is 3.76. The minimum absolute atomic E-state index is 0.00115. The van der Waals surface area contributed by atoms with Gasteiger partial charge in [0.1, 0.15) is 4.90 Å². The van der Waals surface area contributed by atoms with Crippen molar-refractivity contribution in [3.63, 3.8) is 0 Å². The van der Waals surface area contributed by atoms with Crippen LogP contribution >= 0.6 is 0 Å². The van der Waals surface area contributed by atoms with Crippen molar-refractivity contribution in [1.29, 1.82) is 0 Å². The Labute approximate surface area is 116 Å². The number of rotatable bonds is 4. The van der Waals surface area contributed by atoms with Crippen molar-refractivity contribution in [2.24, 2.45) is 0 Å². The highest BCUT2D eigenvalue weighted by Gasteiger charge is 2.26. The van der Waals surface area contributed by atoms with Gasteiger partial charge in [0, 0.05) is 25.5 Å². The summed E-state index contributed by atoms with van der Waals surface area (Å²) in [5, 5.41) is 3.98. The Morgan fingerprint density at radius 1 is 1.40 bits per heavy atom. The fourth-order valence-electron chi connectivity index (χ4n) is 1.62. The van der Waals surface area contributed by atoms with Crippen molar-refractivity contribution < 1.29 is 12.8 Å². The highest BCUT2D eigenvalue weighted by molar-refractivity contribution is 7.92. The van der Waals surface area contributed by atoms with Crippen LogP contribution < -0.4 is 4.31 Å². The molecule has 0 spiro atoms. The van der Waals surface area contributed by atoms with Gasteiger partial charge in [-0.25, -0.2) is 17.8 Å². The molecule has 2 heterocycles. The Morgan fingerprint density at radius 2 is 2.10 bits per heavy atom. The second kappa shape index (κ2) is 5.20. The van der Waals surface area contributed by atoms with Crippen LogP contribution in [0.1, 0.15) is 19.9 Å².